The summed E-state index contributed by atoms with van der Waals surface area (Å²) in [4.78, 5) is 30.1. The molecule has 0 spiro atoms. The van der Waals surface area contributed by atoms with Crippen LogP contribution < -0.4 is 10.1 Å². The fourth-order valence-corrected chi connectivity index (χ4v) is 4.33. The molecule has 1 aromatic carbocycles. The number of benzene rings is 1. The van der Waals surface area contributed by atoms with Crippen molar-refractivity contribution in [3.05, 3.63) is 55.1 Å². The maximum absolute atomic E-state index is 13.5. The summed E-state index contributed by atoms with van der Waals surface area (Å²) in [7, 11) is 1.64. The van der Waals surface area contributed by atoms with Crippen molar-refractivity contribution < 1.29 is 14.3 Å². The van der Waals surface area contributed by atoms with Crippen molar-refractivity contribution in [2.24, 2.45) is 5.92 Å². The summed E-state index contributed by atoms with van der Waals surface area (Å²) < 4.78 is 5.25. The molecule has 1 N–H and O–H groups in total. The minimum Gasteiger partial charge on any atom is -0.497 e. The van der Waals surface area contributed by atoms with Crippen LogP contribution >= 0.6 is 0 Å². The number of allylic oxidation sites excluding steroid dienone is 1. The van der Waals surface area contributed by atoms with Gasteiger partial charge in [0.1, 0.15) is 11.8 Å². The third-order valence-corrected chi connectivity index (χ3v) is 6.41. The Morgan fingerprint density at radius 3 is 2.66 bits per heavy atom. The number of urea groups is 1. The highest BCUT2D eigenvalue weighted by Crippen LogP contribution is 2.32. The topological polar surface area (TPSA) is 61.9 Å². The third-order valence-electron chi connectivity index (χ3n) is 6.41. The Bertz CT molecular complexity index is 792. The number of nitrogens with one attached hydrogen (secondary N) is 1. The van der Waals surface area contributed by atoms with Gasteiger partial charge in [-0.25, -0.2) is 4.79 Å². The molecule has 1 aliphatic carbocycles. The summed E-state index contributed by atoms with van der Waals surface area (Å²) in [6.45, 7) is 9.41. The summed E-state index contributed by atoms with van der Waals surface area (Å²) in [5, 5.41) is 3.10. The summed E-state index contributed by atoms with van der Waals surface area (Å²) >= 11 is 0. The molecule has 1 heterocycles. The number of carbonyl (C=O) groups excluding carboxylic acids is 2. The van der Waals surface area contributed by atoms with E-state index in [2.05, 4.69) is 18.5 Å². The van der Waals surface area contributed by atoms with Crippen molar-refractivity contribution in [1.29, 1.82) is 0 Å². The predicted octanol–water partition coefficient (Wildman–Crippen LogP) is 4.52. The van der Waals surface area contributed by atoms with Gasteiger partial charge in [0.05, 0.1) is 7.11 Å². The van der Waals surface area contributed by atoms with Crippen LogP contribution in [0.3, 0.4) is 0 Å². The average Bonchev–Trinajstić information content (AvgIpc) is 3.37. The molecule has 6 heteroatoms. The van der Waals surface area contributed by atoms with Gasteiger partial charge in [-0.1, -0.05) is 30.7 Å². The Labute approximate surface area is 192 Å². The normalized spacial score (nSPS) is 21.7. The van der Waals surface area contributed by atoms with Gasteiger partial charge >= 0.3 is 6.03 Å². The Balaban J connectivity index is 1.65. The Hall–Kier alpha value is -2.76. The van der Waals surface area contributed by atoms with E-state index in [4.69, 9.17) is 4.74 Å². The quantitative estimate of drug-likeness (QED) is 0.385. The van der Waals surface area contributed by atoms with Gasteiger partial charge in [0, 0.05) is 25.7 Å². The molecule has 6 nitrogen and oxygen atoms in total. The number of likely N-dealkylation sites (tertiary alicyclic amines) is 1. The predicted molar refractivity (Wildman–Crippen MR) is 127 cm³/mol. The second-order valence-corrected chi connectivity index (χ2v) is 8.79. The Morgan fingerprint density at radius 1 is 1.22 bits per heavy atom. The van der Waals surface area contributed by atoms with Crippen LogP contribution in [0.15, 0.2) is 49.6 Å². The van der Waals surface area contributed by atoms with E-state index in [1.165, 1.54) is 0 Å². The molecule has 1 aliphatic heterocycles. The molecule has 0 bridgehead atoms. The summed E-state index contributed by atoms with van der Waals surface area (Å²) in [5.74, 6) is 1.14. The number of ether oxygens (including phenoxy) is 1. The second-order valence-electron chi connectivity index (χ2n) is 8.79. The number of methoxy groups -OCH3 is 1. The monoisotopic (exact) mass is 439 g/mol. The summed E-state index contributed by atoms with van der Waals surface area (Å²) in [6, 6.07) is 7.57. The van der Waals surface area contributed by atoms with Crippen LogP contribution in [0.4, 0.5) is 4.79 Å². The lowest BCUT2D eigenvalue weighted by atomic mass is 10.1. The molecular formula is C26H37N3O3. The fourth-order valence-electron chi connectivity index (χ4n) is 4.33. The number of carbonyl (C=O) groups is 2. The number of nitrogens with zero attached hydrogens (tertiary/aromatic N) is 2. The summed E-state index contributed by atoms with van der Waals surface area (Å²) in [5.41, 5.74) is 1.05. The molecule has 2 fully saturated rings. The van der Waals surface area contributed by atoms with Crippen molar-refractivity contribution in [2.75, 3.05) is 20.2 Å². The van der Waals surface area contributed by atoms with Gasteiger partial charge in [0.2, 0.25) is 5.91 Å². The minimum absolute atomic E-state index is 0.0272. The van der Waals surface area contributed by atoms with Gasteiger partial charge < -0.3 is 19.9 Å². The van der Waals surface area contributed by atoms with E-state index in [0.29, 0.717) is 25.6 Å². The molecule has 1 saturated carbocycles. The standard InChI is InChI=1S/C26H37N3O3/c1-4-6-7-8-9-16-28(19-20-12-14-22(32-3)15-13-20)26(31)29-17-10-11-24(29)25(30)27-23-18-21(23)5-2/h4-5,12-15,21,23-24H,1-2,6-11,16-19H2,3H3,(H,27,30)/t21-,23-,24+/m1/s1. The molecule has 32 heavy (non-hydrogen) atoms. The first-order valence-corrected chi connectivity index (χ1v) is 11.8. The van der Waals surface area contributed by atoms with E-state index in [-0.39, 0.29) is 24.0 Å². The lowest BCUT2D eigenvalue weighted by molar-refractivity contribution is -0.125. The highest BCUT2D eigenvalue weighted by atomic mass is 16.5. The number of hydrogen-bond donors (Lipinski definition) is 1. The van der Waals surface area contributed by atoms with Crippen LogP contribution in [0.2, 0.25) is 0 Å². The zero-order valence-electron chi connectivity index (χ0n) is 19.3. The SMILES string of the molecule is C=CCCCCCN(Cc1ccc(OC)cc1)C(=O)N1CCC[C@H]1C(=O)N[C@@H]1C[C@H]1C=C. The molecule has 3 rings (SSSR count). The van der Waals surface area contributed by atoms with Crippen molar-refractivity contribution in [2.45, 2.75) is 63.6 Å². The van der Waals surface area contributed by atoms with Gasteiger partial charge in [-0.2, -0.15) is 0 Å². The van der Waals surface area contributed by atoms with Gasteiger partial charge in [-0.3, -0.25) is 4.79 Å². The zero-order valence-corrected chi connectivity index (χ0v) is 19.3. The Morgan fingerprint density at radius 2 is 2.00 bits per heavy atom. The smallest absolute Gasteiger partial charge is 0.320 e. The van der Waals surface area contributed by atoms with Crippen LogP contribution in [-0.4, -0.2) is 54.0 Å². The number of unbranched alkanes of at least 4 members (excludes halogenated alkanes) is 3. The number of rotatable bonds is 12. The van der Waals surface area contributed by atoms with Crippen molar-refractivity contribution in [1.82, 2.24) is 15.1 Å². The van der Waals surface area contributed by atoms with Gasteiger partial charge in [0.25, 0.3) is 0 Å². The molecule has 3 amide bonds. The Kier molecular flexibility index (Phi) is 8.77. The van der Waals surface area contributed by atoms with Crippen molar-refractivity contribution in [3.8, 4) is 5.75 Å². The number of amides is 3. The van der Waals surface area contributed by atoms with Crippen LogP contribution in [0.1, 0.15) is 50.5 Å². The van der Waals surface area contributed by atoms with Crippen LogP contribution in [0.5, 0.6) is 5.75 Å². The molecule has 174 valence electrons. The molecule has 1 aromatic rings. The maximum Gasteiger partial charge on any atom is 0.320 e. The van der Waals surface area contributed by atoms with Gasteiger partial charge in [-0.15, -0.1) is 13.2 Å². The third kappa shape index (κ3) is 6.38. The molecular weight excluding hydrogens is 402 g/mol. The largest absolute Gasteiger partial charge is 0.497 e. The first kappa shape index (κ1) is 23.9. The lowest BCUT2D eigenvalue weighted by Gasteiger charge is -2.31. The van der Waals surface area contributed by atoms with Gasteiger partial charge in [0.15, 0.2) is 0 Å². The van der Waals surface area contributed by atoms with Crippen LogP contribution in [0.25, 0.3) is 0 Å². The highest BCUT2D eigenvalue weighted by molar-refractivity contribution is 5.88. The van der Waals surface area contributed by atoms with E-state index in [1.807, 2.05) is 41.3 Å². The van der Waals surface area contributed by atoms with Gasteiger partial charge in [-0.05, 0) is 62.1 Å². The molecule has 2 aliphatic rings. The second kappa shape index (κ2) is 11.7. The van der Waals surface area contributed by atoms with Crippen LogP contribution in [-0.2, 0) is 11.3 Å². The van der Waals surface area contributed by atoms with Crippen LogP contribution in [0, 0.1) is 5.92 Å². The average molecular weight is 440 g/mol. The zero-order chi connectivity index (χ0) is 22.9. The fraction of sp³-hybridized carbons (Fsp3) is 0.538. The number of hydrogen-bond acceptors (Lipinski definition) is 3. The molecule has 0 unspecified atom stereocenters. The minimum atomic E-state index is -0.382. The van der Waals surface area contributed by atoms with E-state index in [1.54, 1.807) is 12.0 Å². The van der Waals surface area contributed by atoms with E-state index in [0.717, 1.165) is 56.3 Å². The molecule has 3 atom stereocenters. The first-order valence-electron chi connectivity index (χ1n) is 11.8. The first-order chi connectivity index (χ1) is 15.6. The van der Waals surface area contributed by atoms with E-state index in [9.17, 15) is 9.59 Å². The lowest BCUT2D eigenvalue weighted by Crippen LogP contribution is -2.51. The van der Waals surface area contributed by atoms with E-state index >= 15 is 0 Å². The van der Waals surface area contributed by atoms with Crippen molar-refractivity contribution >= 4 is 11.9 Å². The summed E-state index contributed by atoms with van der Waals surface area (Å²) in [6.07, 6.45) is 10.4. The maximum atomic E-state index is 13.5. The molecule has 0 radical (unpaired) electrons. The molecule has 0 aromatic heterocycles. The van der Waals surface area contributed by atoms with Crippen molar-refractivity contribution in [3.63, 3.8) is 0 Å². The molecule has 1 saturated heterocycles. The van der Waals surface area contributed by atoms with E-state index < -0.39 is 0 Å². The highest BCUT2D eigenvalue weighted by Gasteiger charge is 2.41.